The number of hydrogen-bond acceptors (Lipinski definition) is 3. The molecule has 1 aliphatic heterocycles. The molecule has 0 aliphatic carbocycles. The molecule has 0 bridgehead atoms. The lowest BCUT2D eigenvalue weighted by molar-refractivity contribution is 0.498. The van der Waals surface area contributed by atoms with E-state index in [-0.39, 0.29) is 5.04 Å². The van der Waals surface area contributed by atoms with Gasteiger partial charge in [0.2, 0.25) is 0 Å². The summed E-state index contributed by atoms with van der Waals surface area (Å²) in [5.74, 6) is 0. The van der Waals surface area contributed by atoms with Gasteiger partial charge in [-0.1, -0.05) is 0 Å². The van der Waals surface area contributed by atoms with Crippen LogP contribution in [0.5, 0.6) is 0 Å². The number of allylic oxidation sites excluding steroid dienone is 2. The molecule has 0 atom stereocenters. The Kier molecular flexibility index (Phi) is 1.63. The van der Waals surface area contributed by atoms with E-state index in [1.54, 1.807) is 0 Å². The molecule has 0 unspecified atom stereocenters. The molecule has 0 fully saturated rings. The summed E-state index contributed by atoms with van der Waals surface area (Å²) in [6.07, 6.45) is 6.24. The van der Waals surface area contributed by atoms with E-state index in [0.717, 1.165) is 6.08 Å². The molecule has 0 radical (unpaired) electrons. The molecule has 0 spiro atoms. The Morgan fingerprint density at radius 1 is 1.60 bits per heavy atom. The molecular weight excluding hydrogens is 154 g/mol. The van der Waals surface area contributed by atoms with E-state index >= 15 is 0 Å². The van der Waals surface area contributed by atoms with Crippen LogP contribution < -0.4 is 0 Å². The average Bonchev–Trinajstić information content (AvgIpc) is 1.88. The topological polar surface area (TPSA) is 66.7 Å². The molecule has 0 aromatic rings. The van der Waals surface area contributed by atoms with E-state index in [9.17, 15) is 8.42 Å². The first-order chi connectivity index (χ1) is 4.61. The molecule has 52 valence electrons. The molecule has 10 heavy (non-hydrogen) atoms. The van der Waals surface area contributed by atoms with Gasteiger partial charge in [-0.3, -0.25) is 4.55 Å². The van der Waals surface area contributed by atoms with Gasteiger partial charge in [0.25, 0.3) is 5.04 Å². The molecule has 1 N–H and O–H groups in total. The summed E-state index contributed by atoms with van der Waals surface area (Å²) in [5, 5.41) is -0.380. The first-order valence-corrected chi connectivity index (χ1v) is 3.84. The van der Waals surface area contributed by atoms with Crippen molar-refractivity contribution in [2.75, 3.05) is 0 Å². The maximum Gasteiger partial charge on any atom is 0.361 e. The second kappa shape index (κ2) is 2.30. The monoisotopic (exact) mass is 158 g/mol. The summed E-state index contributed by atoms with van der Waals surface area (Å²) in [4.78, 5) is 3.38. The third kappa shape index (κ3) is 1.48. The Morgan fingerprint density at radius 2 is 2.30 bits per heavy atom. The van der Waals surface area contributed by atoms with Crippen LogP contribution in [0.3, 0.4) is 0 Å². The lowest BCUT2D eigenvalue weighted by Gasteiger charge is -1.86. The van der Waals surface area contributed by atoms with Crippen molar-refractivity contribution < 1.29 is 13.0 Å². The van der Waals surface area contributed by atoms with Gasteiger partial charge >= 0.3 is 10.1 Å². The summed E-state index contributed by atoms with van der Waals surface area (Å²) in [6, 6.07) is 0. The average molecular weight is 158 g/mol. The van der Waals surface area contributed by atoms with Crippen molar-refractivity contribution in [2.24, 2.45) is 4.99 Å². The quantitative estimate of drug-likeness (QED) is 0.403. The van der Waals surface area contributed by atoms with Crippen LogP contribution in [0.1, 0.15) is 0 Å². The molecule has 0 aromatic carbocycles. The highest BCUT2D eigenvalue weighted by atomic mass is 32.2. The zero-order valence-electron chi connectivity index (χ0n) is 4.85. The summed E-state index contributed by atoms with van der Waals surface area (Å²) in [7, 11) is -4.15. The second-order valence-electron chi connectivity index (χ2n) is 1.57. The van der Waals surface area contributed by atoms with Crippen LogP contribution in [0, 0.1) is 6.08 Å². The molecule has 1 rings (SSSR count). The van der Waals surface area contributed by atoms with Gasteiger partial charge in [-0.05, 0) is 0 Å². The van der Waals surface area contributed by atoms with Crippen LogP contribution in [-0.2, 0) is 10.1 Å². The number of rotatable bonds is 0. The Morgan fingerprint density at radius 3 is 2.60 bits per heavy atom. The van der Waals surface area contributed by atoms with Crippen molar-refractivity contribution in [3.63, 3.8) is 0 Å². The van der Waals surface area contributed by atoms with Crippen LogP contribution in [0.2, 0.25) is 0 Å². The molecule has 0 amide bonds. The van der Waals surface area contributed by atoms with Crippen LogP contribution >= 0.6 is 0 Å². The SMILES string of the molecule is O=S(=O)(O)C1=NC=C[C+]=C1. The van der Waals surface area contributed by atoms with Gasteiger partial charge in [-0.25, -0.2) is 0 Å². The van der Waals surface area contributed by atoms with Crippen LogP contribution in [0.25, 0.3) is 0 Å². The van der Waals surface area contributed by atoms with Crippen molar-refractivity contribution in [3.05, 3.63) is 24.4 Å². The zero-order chi connectivity index (χ0) is 7.61. The minimum Gasteiger partial charge on any atom is -0.271 e. The summed E-state index contributed by atoms with van der Waals surface area (Å²) in [6.45, 7) is 0. The zero-order valence-corrected chi connectivity index (χ0v) is 5.67. The maximum atomic E-state index is 10.3. The second-order valence-corrected chi connectivity index (χ2v) is 2.94. The highest BCUT2D eigenvalue weighted by Gasteiger charge is 2.20. The third-order valence-electron chi connectivity index (χ3n) is 0.844. The van der Waals surface area contributed by atoms with Gasteiger partial charge in [0.05, 0.1) is 0 Å². The molecule has 4 nitrogen and oxygen atoms in total. The molecular formula is C5H4NO3S+. The van der Waals surface area contributed by atoms with E-state index in [2.05, 4.69) is 11.1 Å². The fraction of sp³-hybridized carbons (Fsp3) is 0. The summed E-state index contributed by atoms with van der Waals surface area (Å²) in [5.41, 5.74) is 0. The highest BCUT2D eigenvalue weighted by Crippen LogP contribution is 1.97. The van der Waals surface area contributed by atoms with Crippen molar-refractivity contribution in [3.8, 4) is 0 Å². The van der Waals surface area contributed by atoms with E-state index < -0.39 is 10.1 Å². The fourth-order valence-corrected chi connectivity index (χ4v) is 0.863. The Labute approximate surface area is 58.3 Å². The minimum absolute atomic E-state index is 0.380. The molecule has 0 saturated carbocycles. The normalized spacial score (nSPS) is 16.3. The lowest BCUT2D eigenvalue weighted by Crippen LogP contribution is -2.10. The predicted molar refractivity (Wildman–Crippen MR) is 35.9 cm³/mol. The van der Waals surface area contributed by atoms with Gasteiger partial charge < -0.3 is 0 Å². The number of nitrogens with zero attached hydrogens (tertiary/aromatic N) is 1. The van der Waals surface area contributed by atoms with Gasteiger partial charge in [0.15, 0.2) is 0 Å². The van der Waals surface area contributed by atoms with Gasteiger partial charge in [0, 0.05) is 6.08 Å². The standard InChI is InChI=1S/C5H3NO3S/c7-10(8,9)5-3-1-2-4-6-5/h2-4H/p+1. The Hall–Kier alpha value is -1.03. The van der Waals surface area contributed by atoms with Crippen LogP contribution in [0.15, 0.2) is 23.3 Å². The molecule has 1 heterocycles. The molecule has 5 heteroatoms. The summed E-state index contributed by atoms with van der Waals surface area (Å²) < 4.78 is 29.0. The van der Waals surface area contributed by atoms with Gasteiger partial charge in [-0.15, -0.1) is 4.99 Å². The smallest absolute Gasteiger partial charge is 0.271 e. The number of hydrogen-bond donors (Lipinski definition) is 1. The first kappa shape index (κ1) is 7.08. The van der Waals surface area contributed by atoms with Crippen molar-refractivity contribution >= 4 is 15.2 Å². The van der Waals surface area contributed by atoms with Crippen LogP contribution in [0.4, 0.5) is 0 Å². The van der Waals surface area contributed by atoms with E-state index in [1.807, 2.05) is 0 Å². The lowest BCUT2D eigenvalue weighted by atomic mass is 10.4. The maximum absolute atomic E-state index is 10.3. The highest BCUT2D eigenvalue weighted by molar-refractivity contribution is 8.02. The first-order valence-electron chi connectivity index (χ1n) is 2.40. The van der Waals surface area contributed by atoms with Crippen molar-refractivity contribution in [2.45, 2.75) is 0 Å². The largest absolute Gasteiger partial charge is 0.361 e. The number of aliphatic imine (C=N–C) groups is 1. The third-order valence-corrected chi connectivity index (χ3v) is 1.60. The predicted octanol–water partition coefficient (Wildman–Crippen LogP) is 0.159. The Bertz CT molecular complexity index is 310. The van der Waals surface area contributed by atoms with Crippen molar-refractivity contribution in [1.29, 1.82) is 0 Å². The minimum atomic E-state index is -4.15. The molecule has 0 aromatic heterocycles. The van der Waals surface area contributed by atoms with E-state index in [0.29, 0.717) is 0 Å². The molecule has 0 saturated heterocycles. The van der Waals surface area contributed by atoms with E-state index in [4.69, 9.17) is 4.55 Å². The van der Waals surface area contributed by atoms with Gasteiger partial charge in [-0.2, -0.15) is 8.42 Å². The fourth-order valence-electron chi connectivity index (χ4n) is 0.452. The van der Waals surface area contributed by atoms with E-state index in [1.165, 1.54) is 12.3 Å². The molecule has 1 aliphatic rings. The van der Waals surface area contributed by atoms with Crippen molar-refractivity contribution in [1.82, 2.24) is 0 Å². The Balaban J connectivity index is 3.08. The van der Waals surface area contributed by atoms with Crippen LogP contribution in [-0.4, -0.2) is 18.0 Å². The van der Waals surface area contributed by atoms with Gasteiger partial charge in [0.1, 0.15) is 18.4 Å². The summed E-state index contributed by atoms with van der Waals surface area (Å²) >= 11 is 0.